The minimum absolute atomic E-state index is 0.105. The van der Waals surface area contributed by atoms with Crippen LogP contribution in [0.2, 0.25) is 0 Å². The summed E-state index contributed by atoms with van der Waals surface area (Å²) in [5.74, 6) is 0.944. The molecule has 0 aliphatic rings. The molecule has 0 radical (unpaired) electrons. The second kappa shape index (κ2) is 4.16. The Morgan fingerprint density at radius 1 is 1.53 bits per heavy atom. The summed E-state index contributed by atoms with van der Waals surface area (Å²) in [6.45, 7) is 5.09. The standard InChI is InChI=1S/C11H15N3S/c1-3-14-5-4-13-11(14)10(12)9-7-15-6-8(9)2/h4-7,10H,3,12H2,1-2H3. The molecule has 0 saturated heterocycles. The molecule has 3 nitrogen and oxygen atoms in total. The van der Waals surface area contributed by atoms with Gasteiger partial charge in [0.1, 0.15) is 5.82 Å². The highest BCUT2D eigenvalue weighted by atomic mass is 32.1. The lowest BCUT2D eigenvalue weighted by molar-refractivity contribution is 0.656. The Kier molecular flexibility index (Phi) is 2.88. The lowest BCUT2D eigenvalue weighted by atomic mass is 10.1. The first-order valence-corrected chi connectivity index (χ1v) is 5.97. The molecule has 2 N–H and O–H groups in total. The van der Waals surface area contributed by atoms with Gasteiger partial charge < -0.3 is 10.3 Å². The van der Waals surface area contributed by atoms with Crippen molar-refractivity contribution < 1.29 is 0 Å². The van der Waals surface area contributed by atoms with E-state index in [1.807, 2.05) is 6.20 Å². The molecule has 15 heavy (non-hydrogen) atoms. The van der Waals surface area contributed by atoms with Gasteiger partial charge in [0, 0.05) is 18.9 Å². The molecule has 1 atom stereocenters. The zero-order valence-electron chi connectivity index (χ0n) is 8.97. The number of imidazole rings is 1. The molecule has 80 valence electrons. The molecule has 0 amide bonds. The number of rotatable bonds is 3. The summed E-state index contributed by atoms with van der Waals surface area (Å²) in [5.41, 5.74) is 8.64. The lowest BCUT2D eigenvalue weighted by Gasteiger charge is -2.12. The van der Waals surface area contributed by atoms with Gasteiger partial charge in [0.15, 0.2) is 0 Å². The highest BCUT2D eigenvalue weighted by molar-refractivity contribution is 7.08. The molecule has 0 aliphatic heterocycles. The second-order valence-electron chi connectivity index (χ2n) is 3.56. The summed E-state index contributed by atoms with van der Waals surface area (Å²) >= 11 is 1.69. The van der Waals surface area contributed by atoms with E-state index in [2.05, 4.69) is 34.2 Å². The van der Waals surface area contributed by atoms with Gasteiger partial charge in [-0.3, -0.25) is 0 Å². The number of nitrogens with zero attached hydrogens (tertiary/aromatic N) is 2. The van der Waals surface area contributed by atoms with Crippen molar-refractivity contribution in [2.24, 2.45) is 5.73 Å². The normalized spacial score (nSPS) is 13.0. The second-order valence-corrected chi connectivity index (χ2v) is 4.30. The van der Waals surface area contributed by atoms with Gasteiger partial charge in [0.25, 0.3) is 0 Å². The fraction of sp³-hybridized carbons (Fsp3) is 0.364. The van der Waals surface area contributed by atoms with Gasteiger partial charge in [-0.05, 0) is 35.7 Å². The molecule has 2 rings (SSSR count). The van der Waals surface area contributed by atoms with Crippen LogP contribution in [0.5, 0.6) is 0 Å². The van der Waals surface area contributed by atoms with E-state index in [9.17, 15) is 0 Å². The van der Waals surface area contributed by atoms with Crippen molar-refractivity contribution in [2.75, 3.05) is 0 Å². The van der Waals surface area contributed by atoms with Crippen LogP contribution in [-0.2, 0) is 6.54 Å². The molecule has 0 bridgehead atoms. The third-order valence-electron chi connectivity index (χ3n) is 2.60. The Morgan fingerprint density at radius 3 is 2.93 bits per heavy atom. The average molecular weight is 221 g/mol. The predicted molar refractivity (Wildman–Crippen MR) is 63.0 cm³/mol. The molecule has 4 heteroatoms. The van der Waals surface area contributed by atoms with Crippen molar-refractivity contribution in [2.45, 2.75) is 26.4 Å². The van der Waals surface area contributed by atoms with Crippen molar-refractivity contribution >= 4 is 11.3 Å². The number of hydrogen-bond donors (Lipinski definition) is 1. The van der Waals surface area contributed by atoms with E-state index in [0.717, 1.165) is 12.4 Å². The maximum Gasteiger partial charge on any atom is 0.130 e. The fourth-order valence-electron chi connectivity index (χ4n) is 1.70. The zero-order valence-corrected chi connectivity index (χ0v) is 9.79. The number of hydrogen-bond acceptors (Lipinski definition) is 3. The monoisotopic (exact) mass is 221 g/mol. The van der Waals surface area contributed by atoms with Gasteiger partial charge >= 0.3 is 0 Å². The lowest BCUT2D eigenvalue weighted by Crippen LogP contribution is -2.17. The van der Waals surface area contributed by atoms with Crippen LogP contribution in [0.4, 0.5) is 0 Å². The summed E-state index contributed by atoms with van der Waals surface area (Å²) in [4.78, 5) is 4.33. The van der Waals surface area contributed by atoms with Crippen LogP contribution in [-0.4, -0.2) is 9.55 Å². The van der Waals surface area contributed by atoms with Gasteiger partial charge in [-0.25, -0.2) is 4.98 Å². The number of aryl methyl sites for hydroxylation is 2. The van der Waals surface area contributed by atoms with Gasteiger partial charge in [-0.15, -0.1) is 0 Å². The first-order chi connectivity index (χ1) is 7.24. The highest BCUT2D eigenvalue weighted by Crippen LogP contribution is 2.24. The maximum absolute atomic E-state index is 6.21. The topological polar surface area (TPSA) is 43.8 Å². The minimum Gasteiger partial charge on any atom is -0.334 e. The maximum atomic E-state index is 6.21. The van der Waals surface area contributed by atoms with Crippen molar-refractivity contribution in [3.05, 3.63) is 40.1 Å². The van der Waals surface area contributed by atoms with E-state index in [1.165, 1.54) is 11.1 Å². The molecule has 1 unspecified atom stereocenters. The molecule has 2 aromatic rings. The van der Waals surface area contributed by atoms with Gasteiger partial charge in [0.05, 0.1) is 6.04 Å². The quantitative estimate of drug-likeness (QED) is 0.864. The molecular weight excluding hydrogens is 206 g/mol. The first-order valence-electron chi connectivity index (χ1n) is 5.03. The van der Waals surface area contributed by atoms with Crippen LogP contribution in [0.15, 0.2) is 23.2 Å². The van der Waals surface area contributed by atoms with Crippen LogP contribution in [0, 0.1) is 6.92 Å². The Morgan fingerprint density at radius 2 is 2.33 bits per heavy atom. The minimum atomic E-state index is -0.105. The van der Waals surface area contributed by atoms with Gasteiger partial charge in [-0.2, -0.15) is 11.3 Å². The van der Waals surface area contributed by atoms with E-state index < -0.39 is 0 Å². The van der Waals surface area contributed by atoms with Gasteiger partial charge in [0.2, 0.25) is 0 Å². The summed E-state index contributed by atoms with van der Waals surface area (Å²) in [7, 11) is 0. The zero-order chi connectivity index (χ0) is 10.8. The molecule has 0 aliphatic carbocycles. The van der Waals surface area contributed by atoms with Crippen LogP contribution >= 0.6 is 11.3 Å². The predicted octanol–water partition coefficient (Wildman–Crippen LogP) is 2.32. The smallest absolute Gasteiger partial charge is 0.130 e. The van der Waals surface area contributed by atoms with E-state index in [-0.39, 0.29) is 6.04 Å². The van der Waals surface area contributed by atoms with Gasteiger partial charge in [-0.1, -0.05) is 0 Å². The highest BCUT2D eigenvalue weighted by Gasteiger charge is 2.16. The van der Waals surface area contributed by atoms with E-state index in [4.69, 9.17) is 5.73 Å². The van der Waals surface area contributed by atoms with Crippen LogP contribution in [0.1, 0.15) is 29.9 Å². The molecule has 2 heterocycles. The molecule has 0 saturated carbocycles. The average Bonchev–Trinajstić information content (AvgIpc) is 2.84. The molecule has 2 aromatic heterocycles. The van der Waals surface area contributed by atoms with E-state index in [1.54, 1.807) is 17.5 Å². The Bertz CT molecular complexity index is 444. The van der Waals surface area contributed by atoms with Crippen molar-refractivity contribution in [3.8, 4) is 0 Å². The van der Waals surface area contributed by atoms with Crippen molar-refractivity contribution in [1.82, 2.24) is 9.55 Å². The SMILES string of the molecule is CCn1ccnc1C(N)c1cscc1C. The number of nitrogens with two attached hydrogens (primary N) is 1. The molecule has 0 spiro atoms. The summed E-state index contributed by atoms with van der Waals surface area (Å²) < 4.78 is 2.09. The molecular formula is C11H15N3S. The number of aromatic nitrogens is 2. The first kappa shape index (κ1) is 10.4. The molecule has 0 aromatic carbocycles. The molecule has 0 fully saturated rings. The largest absolute Gasteiger partial charge is 0.334 e. The van der Waals surface area contributed by atoms with Crippen molar-refractivity contribution in [3.63, 3.8) is 0 Å². The summed E-state index contributed by atoms with van der Waals surface area (Å²) in [6, 6.07) is -0.105. The Balaban J connectivity index is 2.36. The third kappa shape index (κ3) is 1.82. The van der Waals surface area contributed by atoms with Crippen LogP contribution in [0.3, 0.4) is 0 Å². The van der Waals surface area contributed by atoms with Crippen molar-refractivity contribution in [1.29, 1.82) is 0 Å². The van der Waals surface area contributed by atoms with Crippen LogP contribution in [0.25, 0.3) is 0 Å². The number of thiophene rings is 1. The fourth-order valence-corrected chi connectivity index (χ4v) is 2.58. The van der Waals surface area contributed by atoms with Crippen LogP contribution < -0.4 is 5.73 Å². The van der Waals surface area contributed by atoms with E-state index in [0.29, 0.717) is 0 Å². The van der Waals surface area contributed by atoms with E-state index >= 15 is 0 Å². The Hall–Kier alpha value is -1.13. The summed E-state index contributed by atoms with van der Waals surface area (Å²) in [6.07, 6.45) is 3.78. The third-order valence-corrected chi connectivity index (χ3v) is 3.48. The Labute approximate surface area is 93.6 Å². The summed E-state index contributed by atoms with van der Waals surface area (Å²) in [5, 5.41) is 4.23.